The highest BCUT2D eigenvalue weighted by Gasteiger charge is 2.31. The molecule has 1 aromatic carbocycles. The SMILES string of the molecule is Cl.O=C(O)CNC(=O)CN1CCN(S(=O)(=O)c2ccc(F)cc2F)CC1. The topological polar surface area (TPSA) is 107 Å². The van der Waals surface area contributed by atoms with Gasteiger partial charge in [-0.05, 0) is 12.1 Å². The van der Waals surface area contributed by atoms with Gasteiger partial charge in [0.25, 0.3) is 0 Å². The molecule has 26 heavy (non-hydrogen) atoms. The number of carboxylic acid groups (broad SMARTS) is 1. The van der Waals surface area contributed by atoms with Crippen molar-refractivity contribution in [1.82, 2.24) is 14.5 Å². The third-order valence-electron chi connectivity index (χ3n) is 3.65. The Morgan fingerprint density at radius 2 is 1.77 bits per heavy atom. The maximum absolute atomic E-state index is 13.7. The van der Waals surface area contributed by atoms with Crippen LogP contribution in [0.15, 0.2) is 23.1 Å². The maximum atomic E-state index is 13.7. The van der Waals surface area contributed by atoms with Crippen LogP contribution < -0.4 is 5.32 Å². The molecular formula is C14H18ClF2N3O5S. The molecule has 0 aromatic heterocycles. The van der Waals surface area contributed by atoms with Gasteiger partial charge in [0.2, 0.25) is 15.9 Å². The number of carbonyl (C=O) groups is 2. The largest absolute Gasteiger partial charge is 0.480 e. The summed E-state index contributed by atoms with van der Waals surface area (Å²) in [5.74, 6) is -3.67. The first-order chi connectivity index (χ1) is 11.7. The summed E-state index contributed by atoms with van der Waals surface area (Å²) < 4.78 is 52.6. The second kappa shape index (κ2) is 9.21. The van der Waals surface area contributed by atoms with Crippen molar-refractivity contribution >= 4 is 34.3 Å². The highest BCUT2D eigenvalue weighted by Crippen LogP contribution is 2.21. The second-order valence-corrected chi connectivity index (χ2v) is 7.33. The first-order valence-electron chi connectivity index (χ1n) is 7.36. The van der Waals surface area contributed by atoms with Crippen LogP contribution in [0.25, 0.3) is 0 Å². The zero-order valence-corrected chi connectivity index (χ0v) is 15.2. The van der Waals surface area contributed by atoms with Crippen molar-refractivity contribution in [3.63, 3.8) is 0 Å². The fraction of sp³-hybridized carbons (Fsp3) is 0.429. The zero-order valence-electron chi connectivity index (χ0n) is 13.5. The number of amides is 1. The Kier molecular flexibility index (Phi) is 7.87. The monoisotopic (exact) mass is 413 g/mol. The molecule has 0 saturated carbocycles. The van der Waals surface area contributed by atoms with Crippen molar-refractivity contribution < 1.29 is 31.9 Å². The molecule has 0 spiro atoms. The van der Waals surface area contributed by atoms with E-state index < -0.39 is 45.0 Å². The fourth-order valence-corrected chi connectivity index (χ4v) is 3.85. The molecule has 1 aliphatic rings. The van der Waals surface area contributed by atoms with E-state index in [0.717, 1.165) is 16.4 Å². The van der Waals surface area contributed by atoms with E-state index in [9.17, 15) is 26.8 Å². The lowest BCUT2D eigenvalue weighted by Crippen LogP contribution is -2.51. The summed E-state index contributed by atoms with van der Waals surface area (Å²) in [4.78, 5) is 23.0. The molecule has 0 radical (unpaired) electrons. The summed E-state index contributed by atoms with van der Waals surface area (Å²) in [6.45, 7) is -0.0368. The molecule has 1 aromatic rings. The number of sulfonamides is 1. The molecule has 0 unspecified atom stereocenters. The number of aliphatic carboxylic acids is 1. The van der Waals surface area contributed by atoms with Gasteiger partial charge in [0, 0.05) is 32.2 Å². The highest BCUT2D eigenvalue weighted by molar-refractivity contribution is 7.89. The predicted molar refractivity (Wildman–Crippen MR) is 89.5 cm³/mol. The number of carbonyl (C=O) groups excluding carboxylic acids is 1. The van der Waals surface area contributed by atoms with E-state index in [1.807, 2.05) is 0 Å². The van der Waals surface area contributed by atoms with Gasteiger partial charge >= 0.3 is 5.97 Å². The lowest BCUT2D eigenvalue weighted by atomic mass is 10.3. The average Bonchev–Trinajstić information content (AvgIpc) is 2.53. The van der Waals surface area contributed by atoms with Gasteiger partial charge in [0.05, 0.1) is 6.54 Å². The Bertz CT molecular complexity index is 770. The maximum Gasteiger partial charge on any atom is 0.322 e. The van der Waals surface area contributed by atoms with Gasteiger partial charge in [0.1, 0.15) is 23.1 Å². The number of rotatable bonds is 6. The standard InChI is InChI=1S/C14H17F2N3O5S.ClH/c15-10-1-2-12(11(16)7-10)25(23,24)19-5-3-18(4-6-19)9-13(20)17-8-14(21)22;/h1-2,7H,3-6,8-9H2,(H,17,20)(H,21,22);1H. The molecule has 0 aliphatic carbocycles. The number of nitrogens with zero attached hydrogens (tertiary/aromatic N) is 2. The molecular weight excluding hydrogens is 396 g/mol. The van der Waals surface area contributed by atoms with E-state index in [1.54, 1.807) is 4.90 Å². The Hall–Kier alpha value is -1.82. The van der Waals surface area contributed by atoms with Gasteiger partial charge in [-0.25, -0.2) is 17.2 Å². The molecule has 2 N–H and O–H groups in total. The predicted octanol–water partition coefficient (Wildman–Crippen LogP) is -0.106. The van der Waals surface area contributed by atoms with Crippen molar-refractivity contribution in [3.05, 3.63) is 29.8 Å². The molecule has 1 aliphatic heterocycles. The molecule has 2 rings (SSSR count). The Balaban J connectivity index is 0.00000338. The van der Waals surface area contributed by atoms with E-state index in [2.05, 4.69) is 5.32 Å². The van der Waals surface area contributed by atoms with Crippen LogP contribution in [0, 0.1) is 11.6 Å². The van der Waals surface area contributed by atoms with Gasteiger partial charge in [-0.3, -0.25) is 14.5 Å². The molecule has 146 valence electrons. The summed E-state index contributed by atoms with van der Waals surface area (Å²) in [7, 11) is -4.10. The van der Waals surface area contributed by atoms with Crippen molar-refractivity contribution in [2.24, 2.45) is 0 Å². The summed E-state index contributed by atoms with van der Waals surface area (Å²) in [5.41, 5.74) is 0. The summed E-state index contributed by atoms with van der Waals surface area (Å²) >= 11 is 0. The van der Waals surface area contributed by atoms with Gasteiger partial charge in [-0.1, -0.05) is 0 Å². The first kappa shape index (κ1) is 22.2. The molecule has 0 atom stereocenters. The Morgan fingerprint density at radius 1 is 1.15 bits per heavy atom. The lowest BCUT2D eigenvalue weighted by molar-refractivity contribution is -0.138. The summed E-state index contributed by atoms with van der Waals surface area (Å²) in [6.07, 6.45) is 0. The molecule has 1 heterocycles. The van der Waals surface area contributed by atoms with Gasteiger partial charge < -0.3 is 10.4 Å². The smallest absolute Gasteiger partial charge is 0.322 e. The van der Waals surface area contributed by atoms with Crippen molar-refractivity contribution in [3.8, 4) is 0 Å². The number of piperazine rings is 1. The Morgan fingerprint density at radius 3 is 2.31 bits per heavy atom. The molecule has 12 heteroatoms. The zero-order chi connectivity index (χ0) is 18.6. The molecule has 1 saturated heterocycles. The molecule has 1 amide bonds. The average molecular weight is 414 g/mol. The van der Waals surface area contributed by atoms with Gasteiger partial charge in [-0.2, -0.15) is 4.31 Å². The summed E-state index contributed by atoms with van der Waals surface area (Å²) in [6, 6.07) is 2.26. The molecule has 0 bridgehead atoms. The van der Waals surface area contributed by atoms with E-state index >= 15 is 0 Å². The normalized spacial score (nSPS) is 15.9. The van der Waals surface area contributed by atoms with Crippen molar-refractivity contribution in [1.29, 1.82) is 0 Å². The highest BCUT2D eigenvalue weighted by atomic mass is 35.5. The van der Waals surface area contributed by atoms with Crippen LogP contribution >= 0.6 is 12.4 Å². The van der Waals surface area contributed by atoms with Crippen LogP contribution in [0.1, 0.15) is 0 Å². The first-order valence-corrected chi connectivity index (χ1v) is 8.80. The molecule has 1 fully saturated rings. The lowest BCUT2D eigenvalue weighted by Gasteiger charge is -2.33. The van der Waals surface area contributed by atoms with Crippen LogP contribution in [0.5, 0.6) is 0 Å². The van der Waals surface area contributed by atoms with Crippen LogP contribution in [-0.2, 0) is 19.6 Å². The quantitative estimate of drug-likeness (QED) is 0.674. The van der Waals surface area contributed by atoms with Crippen LogP contribution in [0.3, 0.4) is 0 Å². The van der Waals surface area contributed by atoms with Crippen molar-refractivity contribution in [2.45, 2.75) is 4.90 Å². The molecule has 8 nitrogen and oxygen atoms in total. The number of carboxylic acids is 1. The van der Waals surface area contributed by atoms with Gasteiger partial charge in [-0.15, -0.1) is 12.4 Å². The number of nitrogens with one attached hydrogen (secondary N) is 1. The third kappa shape index (κ3) is 5.59. The van der Waals surface area contributed by atoms with Crippen LogP contribution in [0.2, 0.25) is 0 Å². The van der Waals surface area contributed by atoms with Crippen LogP contribution in [0.4, 0.5) is 8.78 Å². The minimum atomic E-state index is -4.10. The van der Waals surface area contributed by atoms with E-state index in [4.69, 9.17) is 5.11 Å². The minimum absolute atomic E-state index is 0. The number of hydrogen-bond acceptors (Lipinski definition) is 5. The minimum Gasteiger partial charge on any atom is -0.480 e. The second-order valence-electron chi connectivity index (χ2n) is 5.43. The fourth-order valence-electron chi connectivity index (χ4n) is 2.38. The van der Waals surface area contributed by atoms with E-state index in [0.29, 0.717) is 6.07 Å². The van der Waals surface area contributed by atoms with Gasteiger partial charge in [0.15, 0.2) is 0 Å². The van der Waals surface area contributed by atoms with E-state index in [1.165, 1.54) is 0 Å². The van der Waals surface area contributed by atoms with Crippen LogP contribution in [-0.4, -0.2) is 73.9 Å². The van der Waals surface area contributed by atoms with E-state index in [-0.39, 0.29) is 45.1 Å². The number of benzene rings is 1. The summed E-state index contributed by atoms with van der Waals surface area (Å²) in [5, 5.41) is 10.7. The third-order valence-corrected chi connectivity index (χ3v) is 5.58. The number of halogens is 3. The number of hydrogen-bond donors (Lipinski definition) is 2. The van der Waals surface area contributed by atoms with Crippen molar-refractivity contribution in [2.75, 3.05) is 39.3 Å². The Labute approximate surface area is 155 Å².